The molecule has 2 aromatic rings. The van der Waals surface area contributed by atoms with Gasteiger partial charge in [-0.3, -0.25) is 0 Å². The molecule has 0 spiro atoms. The number of aromatic nitrogens is 2. The van der Waals surface area contributed by atoms with Crippen molar-refractivity contribution < 1.29 is 4.74 Å². The average molecular weight is 174 g/mol. The van der Waals surface area contributed by atoms with Crippen LogP contribution in [0.1, 0.15) is 6.92 Å². The minimum atomic E-state index is 0.584. The van der Waals surface area contributed by atoms with E-state index in [9.17, 15) is 0 Å². The van der Waals surface area contributed by atoms with E-state index in [2.05, 4.69) is 9.97 Å². The van der Waals surface area contributed by atoms with E-state index in [-0.39, 0.29) is 0 Å². The van der Waals surface area contributed by atoms with Crippen molar-refractivity contribution in [3.8, 4) is 5.88 Å². The van der Waals surface area contributed by atoms with Gasteiger partial charge in [0.15, 0.2) is 0 Å². The zero-order valence-corrected chi connectivity index (χ0v) is 7.40. The number of nitrogens with zero attached hydrogens (tertiary/aromatic N) is 2. The lowest BCUT2D eigenvalue weighted by Crippen LogP contribution is -1.95. The molecule has 3 nitrogen and oxygen atoms in total. The Bertz CT molecular complexity index is 414. The third kappa shape index (κ3) is 1.59. The van der Waals surface area contributed by atoms with Crippen LogP contribution in [0.25, 0.3) is 11.0 Å². The molecule has 1 aromatic carbocycles. The molecule has 0 aliphatic rings. The van der Waals surface area contributed by atoms with Crippen molar-refractivity contribution in [1.29, 1.82) is 0 Å². The van der Waals surface area contributed by atoms with Gasteiger partial charge in [0, 0.05) is 0 Å². The Morgan fingerprint density at radius 1 is 1.23 bits per heavy atom. The van der Waals surface area contributed by atoms with E-state index >= 15 is 0 Å². The quantitative estimate of drug-likeness (QED) is 0.698. The molecule has 0 radical (unpaired) electrons. The number of rotatable bonds is 2. The van der Waals surface area contributed by atoms with Gasteiger partial charge in [0.2, 0.25) is 5.88 Å². The van der Waals surface area contributed by atoms with Crippen LogP contribution in [0.5, 0.6) is 5.88 Å². The lowest BCUT2D eigenvalue weighted by molar-refractivity contribution is 0.327. The molecular formula is C10H10N2O. The van der Waals surface area contributed by atoms with Crippen LogP contribution in [0.15, 0.2) is 30.5 Å². The Morgan fingerprint density at radius 2 is 2.00 bits per heavy atom. The summed E-state index contributed by atoms with van der Waals surface area (Å²) < 4.78 is 5.24. The van der Waals surface area contributed by atoms with Crippen LogP contribution in [0.4, 0.5) is 0 Å². The Hall–Kier alpha value is -1.64. The largest absolute Gasteiger partial charge is 0.477 e. The first-order valence-electron chi connectivity index (χ1n) is 4.24. The van der Waals surface area contributed by atoms with E-state index in [4.69, 9.17) is 4.74 Å². The fraction of sp³-hybridized carbons (Fsp3) is 0.200. The highest BCUT2D eigenvalue weighted by molar-refractivity contribution is 5.73. The van der Waals surface area contributed by atoms with Crippen molar-refractivity contribution in [2.24, 2.45) is 0 Å². The normalized spacial score (nSPS) is 10.2. The third-order valence-corrected chi connectivity index (χ3v) is 1.72. The number of hydrogen-bond donors (Lipinski definition) is 0. The summed E-state index contributed by atoms with van der Waals surface area (Å²) >= 11 is 0. The monoisotopic (exact) mass is 174 g/mol. The van der Waals surface area contributed by atoms with Gasteiger partial charge in [-0.25, -0.2) is 9.97 Å². The van der Waals surface area contributed by atoms with Crippen LogP contribution in [-0.2, 0) is 0 Å². The zero-order chi connectivity index (χ0) is 9.10. The molecule has 0 aliphatic heterocycles. The summed E-state index contributed by atoms with van der Waals surface area (Å²) in [4.78, 5) is 8.49. The molecule has 0 saturated carbocycles. The molecule has 13 heavy (non-hydrogen) atoms. The molecule has 1 aromatic heterocycles. The molecule has 0 saturated heterocycles. The van der Waals surface area contributed by atoms with E-state index in [1.54, 1.807) is 6.20 Å². The van der Waals surface area contributed by atoms with Gasteiger partial charge in [0.05, 0.1) is 23.8 Å². The predicted molar refractivity (Wildman–Crippen MR) is 50.7 cm³/mol. The van der Waals surface area contributed by atoms with Crippen molar-refractivity contribution >= 4 is 11.0 Å². The second kappa shape index (κ2) is 3.39. The first kappa shape index (κ1) is 7.98. The first-order chi connectivity index (χ1) is 6.40. The van der Waals surface area contributed by atoms with E-state index in [0.29, 0.717) is 12.5 Å². The summed E-state index contributed by atoms with van der Waals surface area (Å²) in [7, 11) is 0. The van der Waals surface area contributed by atoms with E-state index in [1.165, 1.54) is 0 Å². The molecule has 0 aliphatic carbocycles. The molecular weight excluding hydrogens is 164 g/mol. The lowest BCUT2D eigenvalue weighted by atomic mass is 10.3. The highest BCUT2D eigenvalue weighted by Crippen LogP contribution is 2.12. The van der Waals surface area contributed by atoms with Crippen LogP contribution < -0.4 is 4.74 Å². The van der Waals surface area contributed by atoms with Crippen molar-refractivity contribution in [1.82, 2.24) is 9.97 Å². The van der Waals surface area contributed by atoms with Crippen LogP contribution in [0.3, 0.4) is 0 Å². The second-order valence-corrected chi connectivity index (χ2v) is 2.63. The van der Waals surface area contributed by atoms with Crippen molar-refractivity contribution in [3.05, 3.63) is 30.5 Å². The summed E-state index contributed by atoms with van der Waals surface area (Å²) in [6.07, 6.45) is 1.64. The van der Waals surface area contributed by atoms with Crippen LogP contribution >= 0.6 is 0 Å². The van der Waals surface area contributed by atoms with Crippen LogP contribution in [-0.4, -0.2) is 16.6 Å². The Balaban J connectivity index is 2.49. The van der Waals surface area contributed by atoms with Gasteiger partial charge in [0.1, 0.15) is 0 Å². The van der Waals surface area contributed by atoms with Crippen LogP contribution in [0, 0.1) is 0 Å². The summed E-state index contributed by atoms with van der Waals surface area (Å²) in [6.45, 7) is 2.55. The molecule has 1 heterocycles. The van der Waals surface area contributed by atoms with Gasteiger partial charge in [-0.05, 0) is 19.1 Å². The average Bonchev–Trinajstić information content (AvgIpc) is 2.18. The first-order valence-corrected chi connectivity index (χ1v) is 4.24. The second-order valence-electron chi connectivity index (χ2n) is 2.63. The van der Waals surface area contributed by atoms with Gasteiger partial charge < -0.3 is 4.74 Å². The fourth-order valence-electron chi connectivity index (χ4n) is 1.16. The highest BCUT2D eigenvalue weighted by atomic mass is 16.5. The Kier molecular flexibility index (Phi) is 2.08. The van der Waals surface area contributed by atoms with E-state index in [0.717, 1.165) is 11.0 Å². The molecule has 0 atom stereocenters. The maximum absolute atomic E-state index is 5.24. The maximum atomic E-state index is 5.24. The number of fused-ring (bicyclic) bond motifs is 1. The van der Waals surface area contributed by atoms with Gasteiger partial charge in [-0.15, -0.1) is 0 Å². The minimum absolute atomic E-state index is 0.584. The minimum Gasteiger partial charge on any atom is -0.477 e. The van der Waals surface area contributed by atoms with Gasteiger partial charge in [-0.2, -0.15) is 0 Å². The Labute approximate surface area is 76.4 Å². The van der Waals surface area contributed by atoms with Crippen molar-refractivity contribution in [2.75, 3.05) is 6.61 Å². The third-order valence-electron chi connectivity index (χ3n) is 1.72. The summed E-state index contributed by atoms with van der Waals surface area (Å²) in [6, 6.07) is 7.73. The predicted octanol–water partition coefficient (Wildman–Crippen LogP) is 2.03. The molecule has 0 amide bonds. The highest BCUT2D eigenvalue weighted by Gasteiger charge is 1.97. The number of benzene rings is 1. The lowest BCUT2D eigenvalue weighted by Gasteiger charge is -2.01. The summed E-state index contributed by atoms with van der Waals surface area (Å²) in [5.74, 6) is 0.584. The van der Waals surface area contributed by atoms with Gasteiger partial charge in [-0.1, -0.05) is 12.1 Å². The Morgan fingerprint density at radius 3 is 2.77 bits per heavy atom. The number of ether oxygens (including phenoxy) is 1. The number of hydrogen-bond acceptors (Lipinski definition) is 3. The summed E-state index contributed by atoms with van der Waals surface area (Å²) in [5.41, 5.74) is 1.76. The molecule has 0 N–H and O–H groups in total. The molecule has 3 heteroatoms. The number of para-hydroxylation sites is 2. The van der Waals surface area contributed by atoms with Gasteiger partial charge >= 0.3 is 0 Å². The van der Waals surface area contributed by atoms with E-state index < -0.39 is 0 Å². The van der Waals surface area contributed by atoms with E-state index in [1.807, 2.05) is 31.2 Å². The fourth-order valence-corrected chi connectivity index (χ4v) is 1.16. The van der Waals surface area contributed by atoms with Crippen molar-refractivity contribution in [2.45, 2.75) is 6.92 Å². The van der Waals surface area contributed by atoms with Crippen LogP contribution in [0.2, 0.25) is 0 Å². The summed E-state index contributed by atoms with van der Waals surface area (Å²) in [5, 5.41) is 0. The maximum Gasteiger partial charge on any atom is 0.232 e. The smallest absolute Gasteiger partial charge is 0.232 e. The van der Waals surface area contributed by atoms with Gasteiger partial charge in [0.25, 0.3) is 0 Å². The zero-order valence-electron chi connectivity index (χ0n) is 7.40. The molecule has 2 rings (SSSR count). The molecule has 0 fully saturated rings. The SMILES string of the molecule is CCOc1cnc2ccccc2n1. The molecule has 0 unspecified atom stereocenters. The standard InChI is InChI=1S/C10H10N2O/c1-2-13-10-7-11-8-5-3-4-6-9(8)12-10/h3-7H,2H2,1H3. The molecule has 0 bridgehead atoms. The topological polar surface area (TPSA) is 35.0 Å². The molecule has 66 valence electrons. The van der Waals surface area contributed by atoms with Crippen molar-refractivity contribution in [3.63, 3.8) is 0 Å².